The van der Waals surface area contributed by atoms with Gasteiger partial charge < -0.3 is 9.88 Å². The van der Waals surface area contributed by atoms with Crippen LogP contribution in [0.3, 0.4) is 0 Å². The molecule has 1 unspecified atom stereocenters. The quantitative estimate of drug-likeness (QED) is 0.503. The summed E-state index contributed by atoms with van der Waals surface area (Å²) in [4.78, 5) is 29.3. The van der Waals surface area contributed by atoms with Gasteiger partial charge in [-0.25, -0.2) is 0 Å². The molecule has 1 aliphatic carbocycles. The molecule has 6 nitrogen and oxygen atoms in total. The Hall–Kier alpha value is -2.11. The van der Waals surface area contributed by atoms with Crippen LogP contribution in [0.25, 0.3) is 0 Å². The molecule has 1 atom stereocenters. The maximum absolute atomic E-state index is 12.6. The molecule has 0 fully saturated rings. The van der Waals surface area contributed by atoms with Gasteiger partial charge in [-0.1, -0.05) is 39.0 Å². The van der Waals surface area contributed by atoms with Crippen molar-refractivity contribution in [3.8, 4) is 6.07 Å². The number of nitrogens with zero attached hydrogens (tertiary/aromatic N) is 3. The van der Waals surface area contributed by atoms with Crippen LogP contribution in [0.1, 0.15) is 56.5 Å². The van der Waals surface area contributed by atoms with Gasteiger partial charge in [-0.05, 0) is 43.1 Å². The van der Waals surface area contributed by atoms with E-state index in [4.69, 9.17) is 0 Å². The van der Waals surface area contributed by atoms with E-state index in [0.29, 0.717) is 28.2 Å². The minimum absolute atomic E-state index is 0.134. The van der Waals surface area contributed by atoms with Gasteiger partial charge in [-0.3, -0.25) is 9.59 Å². The molecule has 160 valence electrons. The van der Waals surface area contributed by atoms with Crippen molar-refractivity contribution in [2.24, 2.45) is 11.3 Å². The normalized spacial score (nSPS) is 16.0. The standard InChI is InChI=1S/C22H28N4O2S2/c1-5-22(3,4)14-7-8-15-16(12-23)20(30-17(15)11-14)24-19(28)13-29-21-25-18(27)9-10-26(21)6-2/h9-10,14H,5-8,11,13H2,1-4H3,(H,24,28). The fraction of sp³-hybridized carbons (Fsp3) is 0.545. The third-order valence-electron chi connectivity index (χ3n) is 6.17. The second kappa shape index (κ2) is 9.36. The van der Waals surface area contributed by atoms with Gasteiger partial charge in [-0.2, -0.15) is 10.2 Å². The number of anilines is 1. The number of hydrogen-bond donors (Lipinski definition) is 1. The van der Waals surface area contributed by atoms with Crippen LogP contribution < -0.4 is 10.9 Å². The highest BCUT2D eigenvalue weighted by atomic mass is 32.2. The number of carbonyl (C=O) groups excluding carboxylic acids is 1. The van der Waals surface area contributed by atoms with Gasteiger partial charge >= 0.3 is 0 Å². The summed E-state index contributed by atoms with van der Waals surface area (Å²) >= 11 is 2.77. The minimum Gasteiger partial charge on any atom is -0.328 e. The number of thiophene rings is 1. The highest BCUT2D eigenvalue weighted by molar-refractivity contribution is 7.99. The van der Waals surface area contributed by atoms with Gasteiger partial charge in [0.1, 0.15) is 11.1 Å². The molecule has 0 aromatic carbocycles. The first-order chi connectivity index (χ1) is 14.3. The van der Waals surface area contributed by atoms with Crippen molar-refractivity contribution in [1.82, 2.24) is 9.55 Å². The largest absolute Gasteiger partial charge is 0.328 e. The van der Waals surface area contributed by atoms with Gasteiger partial charge in [0.25, 0.3) is 5.56 Å². The van der Waals surface area contributed by atoms with E-state index in [1.165, 1.54) is 22.7 Å². The average Bonchev–Trinajstić information content (AvgIpc) is 3.08. The van der Waals surface area contributed by atoms with Crippen LogP contribution in [-0.2, 0) is 24.2 Å². The predicted molar refractivity (Wildman–Crippen MR) is 122 cm³/mol. The Morgan fingerprint density at radius 3 is 2.90 bits per heavy atom. The first kappa shape index (κ1) is 22.6. The Kier molecular flexibility index (Phi) is 7.04. The zero-order chi connectivity index (χ0) is 21.9. The third-order valence-corrected chi connectivity index (χ3v) is 8.33. The summed E-state index contributed by atoms with van der Waals surface area (Å²) < 4.78 is 1.83. The molecule has 0 spiro atoms. The van der Waals surface area contributed by atoms with E-state index < -0.39 is 0 Å². The SMILES string of the molecule is CCn1ccc(=O)nc1SCC(=O)Nc1sc2c(c1C#N)CCC(C(C)(C)CC)C2. The summed E-state index contributed by atoms with van der Waals surface area (Å²) in [7, 11) is 0. The van der Waals surface area contributed by atoms with Crippen LogP contribution in [-0.4, -0.2) is 21.2 Å². The molecule has 8 heteroatoms. The van der Waals surface area contributed by atoms with Crippen molar-refractivity contribution < 1.29 is 4.79 Å². The Morgan fingerprint density at radius 2 is 2.23 bits per heavy atom. The summed E-state index contributed by atoms with van der Waals surface area (Å²) in [6.07, 6.45) is 5.75. The lowest BCUT2D eigenvalue weighted by molar-refractivity contribution is -0.113. The van der Waals surface area contributed by atoms with Crippen molar-refractivity contribution in [2.45, 2.75) is 65.1 Å². The fourth-order valence-electron chi connectivity index (χ4n) is 3.81. The summed E-state index contributed by atoms with van der Waals surface area (Å²) in [5.74, 6) is 0.533. The Balaban J connectivity index is 1.72. The lowest BCUT2D eigenvalue weighted by atomic mass is 9.69. The van der Waals surface area contributed by atoms with Crippen LogP contribution in [0.4, 0.5) is 5.00 Å². The number of rotatable bonds is 7. The second-order valence-electron chi connectivity index (χ2n) is 8.27. The molecule has 0 saturated carbocycles. The predicted octanol–water partition coefficient (Wildman–Crippen LogP) is 4.47. The number of hydrogen-bond acceptors (Lipinski definition) is 6. The van der Waals surface area contributed by atoms with Crippen molar-refractivity contribution in [2.75, 3.05) is 11.1 Å². The number of aromatic nitrogens is 2. The van der Waals surface area contributed by atoms with Gasteiger partial charge in [0.15, 0.2) is 5.16 Å². The smallest absolute Gasteiger partial charge is 0.273 e. The Bertz CT molecular complexity index is 1030. The molecule has 2 aromatic heterocycles. The molecular formula is C22H28N4O2S2. The number of fused-ring (bicyclic) bond motifs is 1. The first-order valence-corrected chi connectivity index (χ1v) is 12.1. The number of thioether (sulfide) groups is 1. The summed E-state index contributed by atoms with van der Waals surface area (Å²) in [5.41, 5.74) is 1.68. The highest BCUT2D eigenvalue weighted by Crippen LogP contribution is 2.45. The van der Waals surface area contributed by atoms with E-state index in [1.54, 1.807) is 17.5 Å². The van der Waals surface area contributed by atoms with Gasteiger partial charge in [-0.15, -0.1) is 11.3 Å². The van der Waals surface area contributed by atoms with Crippen molar-refractivity contribution in [3.05, 3.63) is 38.6 Å². The lowest BCUT2D eigenvalue weighted by Crippen LogP contribution is -2.28. The third kappa shape index (κ3) is 4.79. The summed E-state index contributed by atoms with van der Waals surface area (Å²) in [5, 5.41) is 13.8. The van der Waals surface area contributed by atoms with Crippen molar-refractivity contribution in [3.63, 3.8) is 0 Å². The van der Waals surface area contributed by atoms with Crippen LogP contribution in [0, 0.1) is 22.7 Å². The molecule has 0 bridgehead atoms. The molecule has 1 N–H and O–H groups in total. The molecule has 1 amide bonds. The molecule has 0 saturated heterocycles. The number of aryl methyl sites for hydroxylation is 1. The molecule has 2 aromatic rings. The number of nitriles is 1. The molecular weight excluding hydrogens is 416 g/mol. The van der Waals surface area contributed by atoms with E-state index in [0.717, 1.165) is 31.2 Å². The topological polar surface area (TPSA) is 87.8 Å². The summed E-state index contributed by atoms with van der Waals surface area (Å²) in [6.45, 7) is 9.48. The summed E-state index contributed by atoms with van der Waals surface area (Å²) in [6, 6.07) is 3.72. The molecule has 0 aliphatic heterocycles. The zero-order valence-corrected chi connectivity index (χ0v) is 19.6. The fourth-order valence-corrected chi connectivity index (χ4v) is 5.95. The van der Waals surface area contributed by atoms with Gasteiger partial charge in [0, 0.05) is 23.7 Å². The van der Waals surface area contributed by atoms with E-state index in [9.17, 15) is 14.9 Å². The maximum atomic E-state index is 12.6. The molecule has 30 heavy (non-hydrogen) atoms. The van der Waals surface area contributed by atoms with Crippen LogP contribution in [0.15, 0.2) is 22.2 Å². The molecule has 0 radical (unpaired) electrons. The average molecular weight is 445 g/mol. The lowest BCUT2D eigenvalue weighted by Gasteiger charge is -2.36. The van der Waals surface area contributed by atoms with E-state index in [-0.39, 0.29) is 22.6 Å². The van der Waals surface area contributed by atoms with Gasteiger partial charge in [0.2, 0.25) is 5.91 Å². The molecule has 1 aliphatic rings. The highest BCUT2D eigenvalue weighted by Gasteiger charge is 2.34. The van der Waals surface area contributed by atoms with Crippen LogP contribution in [0.5, 0.6) is 0 Å². The number of carbonyl (C=O) groups is 1. The van der Waals surface area contributed by atoms with E-state index >= 15 is 0 Å². The molecule has 3 rings (SSSR count). The number of amides is 1. The maximum Gasteiger partial charge on any atom is 0.273 e. The zero-order valence-electron chi connectivity index (χ0n) is 17.9. The van der Waals surface area contributed by atoms with Gasteiger partial charge in [0.05, 0.1) is 11.3 Å². The minimum atomic E-state index is -0.315. The van der Waals surface area contributed by atoms with Crippen LogP contribution >= 0.6 is 23.1 Å². The monoisotopic (exact) mass is 444 g/mol. The molecule has 2 heterocycles. The Labute approximate surface area is 185 Å². The Morgan fingerprint density at radius 1 is 1.47 bits per heavy atom. The van der Waals surface area contributed by atoms with E-state index in [2.05, 4.69) is 37.1 Å². The van der Waals surface area contributed by atoms with Crippen molar-refractivity contribution in [1.29, 1.82) is 5.26 Å². The van der Waals surface area contributed by atoms with E-state index in [1.807, 2.05) is 11.5 Å². The van der Waals surface area contributed by atoms with Crippen molar-refractivity contribution >= 4 is 34.0 Å². The second-order valence-corrected chi connectivity index (χ2v) is 10.3. The van der Waals surface area contributed by atoms with Crippen LogP contribution in [0.2, 0.25) is 0 Å². The number of nitrogens with one attached hydrogen (secondary N) is 1. The first-order valence-electron chi connectivity index (χ1n) is 10.3.